The molecule has 2 aromatic rings. The number of hydrogen-bond acceptors (Lipinski definition) is 2. The summed E-state index contributed by atoms with van der Waals surface area (Å²) < 4.78 is 38.5. The summed E-state index contributed by atoms with van der Waals surface area (Å²) in [5.41, 5.74) is -0.510. The molecule has 74 valence electrons. The van der Waals surface area contributed by atoms with Gasteiger partial charge in [0.05, 0.1) is 6.20 Å². The Labute approximate surface area is 77.2 Å². The van der Waals surface area contributed by atoms with E-state index >= 15 is 0 Å². The Kier molecular flexibility index (Phi) is 1.73. The highest BCUT2D eigenvalue weighted by Crippen LogP contribution is 2.31. The molecular weight excluding hydrogens is 195 g/mol. The van der Waals surface area contributed by atoms with E-state index in [9.17, 15) is 13.2 Å². The molecule has 3 nitrogen and oxygen atoms in total. The van der Waals surface area contributed by atoms with Crippen LogP contribution in [-0.2, 0) is 6.18 Å². The van der Waals surface area contributed by atoms with Crippen LogP contribution in [0.5, 0.6) is 0 Å². The summed E-state index contributed by atoms with van der Waals surface area (Å²) in [4.78, 5) is 3.82. The van der Waals surface area contributed by atoms with Gasteiger partial charge in [-0.3, -0.25) is 0 Å². The third-order valence-electron chi connectivity index (χ3n) is 1.87. The van der Waals surface area contributed by atoms with Crippen molar-refractivity contribution in [1.29, 1.82) is 0 Å². The third-order valence-corrected chi connectivity index (χ3v) is 1.87. The fourth-order valence-corrected chi connectivity index (χ4v) is 1.30. The molecule has 0 atom stereocenters. The lowest BCUT2D eigenvalue weighted by molar-refractivity contribution is -0.143. The predicted molar refractivity (Wildman–Crippen MR) is 42.7 cm³/mol. The third kappa shape index (κ3) is 1.23. The van der Waals surface area contributed by atoms with Crippen LogP contribution in [0.1, 0.15) is 11.3 Å². The first-order valence-corrected chi connectivity index (χ1v) is 3.86. The number of rotatable bonds is 0. The van der Waals surface area contributed by atoms with E-state index in [1.54, 1.807) is 0 Å². The number of halogens is 3. The molecule has 6 heteroatoms. The molecule has 0 amide bonds. The Morgan fingerprint density at radius 2 is 2.07 bits per heavy atom. The van der Waals surface area contributed by atoms with E-state index in [0.717, 1.165) is 4.52 Å². The van der Waals surface area contributed by atoms with E-state index in [2.05, 4.69) is 10.1 Å². The molecule has 0 saturated carbocycles. The van der Waals surface area contributed by atoms with Crippen molar-refractivity contribution in [2.75, 3.05) is 0 Å². The maximum absolute atomic E-state index is 12.6. The van der Waals surface area contributed by atoms with Crippen molar-refractivity contribution in [3.63, 3.8) is 0 Å². The van der Waals surface area contributed by atoms with Crippen molar-refractivity contribution in [1.82, 2.24) is 14.6 Å². The van der Waals surface area contributed by atoms with Gasteiger partial charge in [0.15, 0.2) is 11.3 Å². The molecule has 0 aliphatic rings. The second kappa shape index (κ2) is 2.70. The quantitative estimate of drug-likeness (QED) is 0.653. The SMILES string of the molecule is Cc1cnc2ccnn2c1C(F)(F)F. The zero-order valence-electron chi connectivity index (χ0n) is 7.21. The summed E-state index contributed by atoms with van der Waals surface area (Å²) >= 11 is 0. The number of nitrogens with zero attached hydrogens (tertiary/aromatic N) is 3. The second-order valence-corrected chi connectivity index (χ2v) is 2.89. The monoisotopic (exact) mass is 201 g/mol. The highest BCUT2D eigenvalue weighted by Gasteiger charge is 2.36. The summed E-state index contributed by atoms with van der Waals surface area (Å²) in [7, 11) is 0. The lowest BCUT2D eigenvalue weighted by atomic mass is 10.2. The van der Waals surface area contributed by atoms with Crippen LogP contribution < -0.4 is 0 Å². The van der Waals surface area contributed by atoms with Crippen LogP contribution in [0.3, 0.4) is 0 Å². The number of hydrogen-bond donors (Lipinski definition) is 0. The highest BCUT2D eigenvalue weighted by atomic mass is 19.4. The van der Waals surface area contributed by atoms with Gasteiger partial charge >= 0.3 is 6.18 Å². The van der Waals surface area contributed by atoms with Crippen molar-refractivity contribution in [2.45, 2.75) is 13.1 Å². The lowest BCUT2D eigenvalue weighted by Crippen LogP contribution is -2.15. The van der Waals surface area contributed by atoms with Crippen molar-refractivity contribution in [3.8, 4) is 0 Å². The van der Waals surface area contributed by atoms with Gasteiger partial charge in [0, 0.05) is 12.3 Å². The fraction of sp³-hybridized carbons (Fsp3) is 0.250. The largest absolute Gasteiger partial charge is 0.433 e. The van der Waals surface area contributed by atoms with Crippen LogP contribution in [0, 0.1) is 6.92 Å². The molecule has 2 heterocycles. The van der Waals surface area contributed by atoms with E-state index in [0.29, 0.717) is 0 Å². The van der Waals surface area contributed by atoms with Gasteiger partial charge in [-0.05, 0) is 12.5 Å². The van der Waals surface area contributed by atoms with Crippen LogP contribution in [-0.4, -0.2) is 14.6 Å². The Balaban J connectivity index is 2.83. The molecular formula is C8H6F3N3. The van der Waals surface area contributed by atoms with E-state index in [1.165, 1.54) is 25.4 Å². The Hall–Kier alpha value is -1.59. The van der Waals surface area contributed by atoms with Gasteiger partial charge in [-0.15, -0.1) is 0 Å². The van der Waals surface area contributed by atoms with E-state index in [4.69, 9.17) is 0 Å². The summed E-state index contributed by atoms with van der Waals surface area (Å²) in [6.45, 7) is 1.36. The Bertz CT molecular complexity index is 472. The lowest BCUT2D eigenvalue weighted by Gasteiger charge is -2.10. The van der Waals surface area contributed by atoms with Crippen molar-refractivity contribution < 1.29 is 13.2 Å². The standard InChI is InChI=1S/C8H6F3N3/c1-5-4-12-6-2-3-13-14(6)7(5)8(9,10)11/h2-4H,1H3. The first-order valence-electron chi connectivity index (χ1n) is 3.86. The minimum atomic E-state index is -4.41. The smallest absolute Gasteiger partial charge is 0.237 e. The van der Waals surface area contributed by atoms with Crippen molar-refractivity contribution in [3.05, 3.63) is 29.7 Å². The van der Waals surface area contributed by atoms with Gasteiger partial charge in [-0.2, -0.15) is 18.3 Å². The normalized spacial score (nSPS) is 12.3. The van der Waals surface area contributed by atoms with E-state index in [1.807, 2.05) is 0 Å². The van der Waals surface area contributed by atoms with Gasteiger partial charge in [-0.25, -0.2) is 9.50 Å². The van der Waals surface area contributed by atoms with E-state index < -0.39 is 11.9 Å². The number of aromatic nitrogens is 3. The number of alkyl halides is 3. The molecule has 0 aliphatic heterocycles. The highest BCUT2D eigenvalue weighted by molar-refractivity contribution is 5.39. The molecule has 0 unspecified atom stereocenters. The predicted octanol–water partition coefficient (Wildman–Crippen LogP) is 2.06. The van der Waals surface area contributed by atoms with Crippen molar-refractivity contribution in [2.24, 2.45) is 0 Å². The van der Waals surface area contributed by atoms with Gasteiger partial charge < -0.3 is 0 Å². The molecule has 0 saturated heterocycles. The van der Waals surface area contributed by atoms with Crippen LogP contribution in [0.25, 0.3) is 5.65 Å². The summed E-state index contributed by atoms with van der Waals surface area (Å²) in [6, 6.07) is 1.43. The van der Waals surface area contributed by atoms with Crippen LogP contribution in [0.2, 0.25) is 0 Å². The zero-order valence-corrected chi connectivity index (χ0v) is 7.21. The molecule has 0 spiro atoms. The van der Waals surface area contributed by atoms with Gasteiger partial charge in [0.2, 0.25) is 0 Å². The number of fused-ring (bicyclic) bond motifs is 1. The van der Waals surface area contributed by atoms with E-state index in [-0.39, 0.29) is 11.2 Å². The molecule has 0 bridgehead atoms. The van der Waals surface area contributed by atoms with Crippen molar-refractivity contribution >= 4 is 5.65 Å². The second-order valence-electron chi connectivity index (χ2n) is 2.89. The average molecular weight is 201 g/mol. The summed E-state index contributed by atoms with van der Waals surface area (Å²) in [5, 5.41) is 3.58. The fourth-order valence-electron chi connectivity index (χ4n) is 1.30. The molecule has 0 N–H and O–H groups in total. The maximum atomic E-state index is 12.6. The molecule has 0 fully saturated rings. The maximum Gasteiger partial charge on any atom is 0.433 e. The van der Waals surface area contributed by atoms with Gasteiger partial charge in [0.25, 0.3) is 0 Å². The zero-order chi connectivity index (χ0) is 10.3. The summed E-state index contributed by atoms with van der Waals surface area (Å²) in [5.74, 6) is 0. The molecule has 2 aromatic heterocycles. The first-order chi connectivity index (χ1) is 6.50. The number of aryl methyl sites for hydroxylation is 1. The minimum absolute atomic E-state index is 0.0636. The average Bonchev–Trinajstić information content (AvgIpc) is 2.48. The topological polar surface area (TPSA) is 30.2 Å². The molecule has 0 aliphatic carbocycles. The Morgan fingerprint density at radius 1 is 1.36 bits per heavy atom. The van der Waals surface area contributed by atoms with Gasteiger partial charge in [-0.1, -0.05) is 0 Å². The first kappa shape index (κ1) is 8.98. The molecule has 0 aromatic carbocycles. The molecule has 2 rings (SSSR count). The van der Waals surface area contributed by atoms with Crippen LogP contribution in [0.4, 0.5) is 13.2 Å². The Morgan fingerprint density at radius 3 is 2.71 bits per heavy atom. The van der Waals surface area contributed by atoms with Crippen LogP contribution in [0.15, 0.2) is 18.5 Å². The van der Waals surface area contributed by atoms with Crippen LogP contribution >= 0.6 is 0 Å². The molecule has 0 radical (unpaired) electrons. The molecule has 14 heavy (non-hydrogen) atoms. The minimum Gasteiger partial charge on any atom is -0.237 e. The van der Waals surface area contributed by atoms with Gasteiger partial charge in [0.1, 0.15) is 0 Å². The summed E-state index contributed by atoms with van der Waals surface area (Å²) in [6.07, 6.45) is -1.92.